The van der Waals surface area contributed by atoms with Crippen LogP contribution in [0.1, 0.15) is 21.5 Å². The molecule has 0 bridgehead atoms. The minimum atomic E-state index is -0.288. The van der Waals surface area contributed by atoms with E-state index >= 15 is 0 Å². The number of carbonyl (C=O) groups is 1. The quantitative estimate of drug-likeness (QED) is 0.366. The van der Waals surface area contributed by atoms with Crippen LogP contribution in [-0.2, 0) is 6.61 Å². The van der Waals surface area contributed by atoms with Crippen LogP contribution in [0.4, 0.5) is 0 Å². The molecule has 0 aliphatic rings. The van der Waals surface area contributed by atoms with E-state index in [1.54, 1.807) is 49.7 Å². The number of hydrogen-bond acceptors (Lipinski definition) is 4. The van der Waals surface area contributed by atoms with E-state index in [1.165, 1.54) is 0 Å². The number of methoxy groups -OCH3 is 1. The van der Waals surface area contributed by atoms with Crippen LogP contribution in [0.15, 0.2) is 76.3 Å². The lowest BCUT2D eigenvalue weighted by atomic mass is 10.2. The number of hydrogen-bond donors (Lipinski definition) is 1. The third-order valence-electron chi connectivity index (χ3n) is 3.98. The molecule has 0 spiro atoms. The standard InChI is InChI=1S/C22H18BrClN2O3/c1-28-21-12-16(13-25-26-22(27)17-5-7-18(23)8-6-17)4-11-20(21)29-14-15-2-9-19(24)10-3-15/h2-13H,14H2,1H3,(H,26,27)/b25-13-. The first-order valence-electron chi connectivity index (χ1n) is 8.69. The Morgan fingerprint density at radius 2 is 1.79 bits per heavy atom. The molecule has 3 rings (SSSR count). The Labute approximate surface area is 182 Å². The maximum Gasteiger partial charge on any atom is 0.271 e. The molecule has 0 aliphatic carbocycles. The minimum absolute atomic E-state index is 0.288. The fraction of sp³-hybridized carbons (Fsp3) is 0.0909. The first-order chi connectivity index (χ1) is 14.0. The summed E-state index contributed by atoms with van der Waals surface area (Å²) in [4.78, 5) is 12.1. The summed E-state index contributed by atoms with van der Waals surface area (Å²) >= 11 is 9.23. The molecule has 0 atom stereocenters. The Hall–Kier alpha value is -2.83. The highest BCUT2D eigenvalue weighted by Crippen LogP contribution is 2.28. The summed E-state index contributed by atoms with van der Waals surface area (Å²) in [5, 5.41) is 4.68. The van der Waals surface area contributed by atoms with Crippen molar-refractivity contribution in [1.29, 1.82) is 0 Å². The first-order valence-corrected chi connectivity index (χ1v) is 9.86. The Kier molecular flexibility index (Phi) is 7.27. The van der Waals surface area contributed by atoms with Crippen molar-refractivity contribution >= 4 is 39.7 Å². The van der Waals surface area contributed by atoms with Gasteiger partial charge in [-0.3, -0.25) is 4.79 Å². The minimum Gasteiger partial charge on any atom is -0.493 e. The van der Waals surface area contributed by atoms with Crippen molar-refractivity contribution in [3.8, 4) is 11.5 Å². The highest BCUT2D eigenvalue weighted by molar-refractivity contribution is 9.10. The van der Waals surface area contributed by atoms with Gasteiger partial charge in [-0.2, -0.15) is 5.10 Å². The number of carbonyl (C=O) groups excluding carboxylic acids is 1. The maximum absolute atomic E-state index is 12.1. The zero-order chi connectivity index (χ0) is 20.6. The van der Waals surface area contributed by atoms with Gasteiger partial charge in [-0.1, -0.05) is 39.7 Å². The second-order valence-corrected chi connectivity index (χ2v) is 7.38. The zero-order valence-corrected chi connectivity index (χ0v) is 17.9. The number of amides is 1. The van der Waals surface area contributed by atoms with Crippen LogP contribution >= 0.6 is 27.5 Å². The summed E-state index contributed by atoms with van der Waals surface area (Å²) in [5.41, 5.74) is 4.78. The SMILES string of the molecule is COc1cc(/C=N\NC(=O)c2ccc(Br)cc2)ccc1OCc1ccc(Cl)cc1. The number of nitrogens with one attached hydrogen (secondary N) is 1. The van der Waals surface area contributed by atoms with Crippen molar-refractivity contribution in [3.05, 3.63) is 92.9 Å². The average Bonchev–Trinajstić information content (AvgIpc) is 2.74. The highest BCUT2D eigenvalue weighted by Gasteiger charge is 2.07. The van der Waals surface area contributed by atoms with Crippen molar-refractivity contribution in [2.45, 2.75) is 6.61 Å². The molecule has 0 radical (unpaired) electrons. The summed E-state index contributed by atoms with van der Waals surface area (Å²) in [6.45, 7) is 0.393. The lowest BCUT2D eigenvalue weighted by Crippen LogP contribution is -2.17. The molecule has 148 valence electrons. The summed E-state index contributed by atoms with van der Waals surface area (Å²) in [5.74, 6) is 0.893. The van der Waals surface area contributed by atoms with Crippen molar-refractivity contribution in [2.24, 2.45) is 5.10 Å². The second-order valence-electron chi connectivity index (χ2n) is 6.03. The summed E-state index contributed by atoms with van der Waals surface area (Å²) in [7, 11) is 1.57. The van der Waals surface area contributed by atoms with Gasteiger partial charge in [0.1, 0.15) is 6.61 Å². The molecule has 0 aliphatic heterocycles. The van der Waals surface area contributed by atoms with Gasteiger partial charge >= 0.3 is 0 Å². The number of hydrazone groups is 1. The van der Waals surface area contributed by atoms with Gasteiger partial charge in [0.2, 0.25) is 0 Å². The molecule has 1 amide bonds. The van der Waals surface area contributed by atoms with Gasteiger partial charge in [-0.25, -0.2) is 5.43 Å². The lowest BCUT2D eigenvalue weighted by molar-refractivity contribution is 0.0955. The predicted octanol–water partition coefficient (Wildman–Crippen LogP) is 5.45. The van der Waals surface area contributed by atoms with Gasteiger partial charge in [-0.05, 0) is 65.7 Å². The molecule has 0 unspecified atom stereocenters. The summed E-state index contributed by atoms with van der Waals surface area (Å²) in [6.07, 6.45) is 1.54. The van der Waals surface area contributed by atoms with Gasteiger partial charge in [0, 0.05) is 15.1 Å². The molecule has 0 heterocycles. The predicted molar refractivity (Wildman–Crippen MR) is 118 cm³/mol. The molecule has 3 aromatic carbocycles. The monoisotopic (exact) mass is 472 g/mol. The smallest absolute Gasteiger partial charge is 0.271 e. The van der Waals surface area contributed by atoms with Crippen molar-refractivity contribution in [3.63, 3.8) is 0 Å². The molecular formula is C22H18BrClN2O3. The molecular weight excluding hydrogens is 456 g/mol. The third kappa shape index (κ3) is 6.07. The number of rotatable bonds is 7. The summed E-state index contributed by atoms with van der Waals surface area (Å²) < 4.78 is 12.1. The Morgan fingerprint density at radius 3 is 2.48 bits per heavy atom. The number of halogens is 2. The van der Waals surface area contributed by atoms with Crippen LogP contribution in [0.5, 0.6) is 11.5 Å². The molecule has 0 fully saturated rings. The van der Waals surface area contributed by atoms with E-state index < -0.39 is 0 Å². The molecule has 7 heteroatoms. The van der Waals surface area contributed by atoms with Gasteiger partial charge in [0.15, 0.2) is 11.5 Å². The number of ether oxygens (including phenoxy) is 2. The van der Waals surface area contributed by atoms with Gasteiger partial charge in [0.05, 0.1) is 13.3 Å². The molecule has 0 saturated carbocycles. The van der Waals surface area contributed by atoms with E-state index in [9.17, 15) is 4.79 Å². The second kappa shape index (κ2) is 10.1. The molecule has 1 N–H and O–H groups in total. The van der Waals surface area contributed by atoms with Crippen molar-refractivity contribution < 1.29 is 14.3 Å². The molecule has 0 saturated heterocycles. The van der Waals surface area contributed by atoms with Gasteiger partial charge < -0.3 is 9.47 Å². The van der Waals surface area contributed by atoms with E-state index in [2.05, 4.69) is 26.5 Å². The van der Waals surface area contributed by atoms with Crippen LogP contribution in [-0.4, -0.2) is 19.2 Å². The van der Waals surface area contributed by atoms with Crippen LogP contribution < -0.4 is 14.9 Å². The maximum atomic E-state index is 12.1. The van der Waals surface area contributed by atoms with E-state index in [1.807, 2.05) is 30.3 Å². The van der Waals surface area contributed by atoms with E-state index in [0.717, 1.165) is 15.6 Å². The lowest BCUT2D eigenvalue weighted by Gasteiger charge is -2.11. The average molecular weight is 474 g/mol. The van der Waals surface area contributed by atoms with Crippen LogP contribution in [0, 0.1) is 0 Å². The molecule has 29 heavy (non-hydrogen) atoms. The Morgan fingerprint density at radius 1 is 1.07 bits per heavy atom. The highest BCUT2D eigenvalue weighted by atomic mass is 79.9. The van der Waals surface area contributed by atoms with E-state index in [-0.39, 0.29) is 5.91 Å². The van der Waals surface area contributed by atoms with Crippen LogP contribution in [0.25, 0.3) is 0 Å². The normalized spacial score (nSPS) is 10.7. The van der Waals surface area contributed by atoms with E-state index in [4.69, 9.17) is 21.1 Å². The summed E-state index contributed by atoms with van der Waals surface area (Å²) in [6, 6.07) is 19.9. The topological polar surface area (TPSA) is 59.9 Å². The Bertz CT molecular complexity index is 1010. The third-order valence-corrected chi connectivity index (χ3v) is 4.76. The number of nitrogens with zero attached hydrogens (tertiary/aromatic N) is 1. The van der Waals surface area contributed by atoms with Crippen molar-refractivity contribution in [1.82, 2.24) is 5.43 Å². The van der Waals surface area contributed by atoms with Gasteiger partial charge in [0.25, 0.3) is 5.91 Å². The van der Waals surface area contributed by atoms with E-state index in [0.29, 0.717) is 28.7 Å². The van der Waals surface area contributed by atoms with Crippen LogP contribution in [0.3, 0.4) is 0 Å². The molecule has 3 aromatic rings. The Balaban J connectivity index is 1.61. The zero-order valence-electron chi connectivity index (χ0n) is 15.6. The van der Waals surface area contributed by atoms with Crippen LogP contribution in [0.2, 0.25) is 5.02 Å². The largest absolute Gasteiger partial charge is 0.493 e. The first kappa shape index (κ1) is 20.9. The van der Waals surface area contributed by atoms with Gasteiger partial charge in [-0.15, -0.1) is 0 Å². The van der Waals surface area contributed by atoms with Crippen molar-refractivity contribution in [2.75, 3.05) is 7.11 Å². The fourth-order valence-corrected chi connectivity index (χ4v) is 2.85. The molecule has 5 nitrogen and oxygen atoms in total. The number of benzene rings is 3. The molecule has 0 aromatic heterocycles. The fourth-order valence-electron chi connectivity index (χ4n) is 2.46.